The first-order valence-corrected chi connectivity index (χ1v) is 5.42. The summed E-state index contributed by atoms with van der Waals surface area (Å²) in [6.45, 7) is 0.713. The summed E-state index contributed by atoms with van der Waals surface area (Å²) in [7, 11) is 0. The molecular weight excluding hydrogens is 206 g/mol. The zero-order chi connectivity index (χ0) is 11.8. The highest BCUT2D eigenvalue weighted by molar-refractivity contribution is 5.14. The fourth-order valence-corrected chi connectivity index (χ4v) is 1.47. The number of aliphatic hydroxyl groups is 3. The van der Waals surface area contributed by atoms with E-state index in [1.165, 1.54) is 0 Å². The molecule has 0 saturated heterocycles. The molecule has 0 aliphatic rings. The second kappa shape index (κ2) is 7.35. The topological polar surface area (TPSA) is 72.7 Å². The zero-order valence-corrected chi connectivity index (χ0v) is 9.21. The highest BCUT2D eigenvalue weighted by Crippen LogP contribution is 2.02. The molecule has 0 spiro atoms. The molecular formula is C12H19NO3. The fraction of sp³-hybridized carbons (Fsp3) is 0.500. The molecule has 0 aliphatic heterocycles. The average Bonchev–Trinajstić information content (AvgIpc) is 2.35. The molecule has 1 aromatic rings. The lowest BCUT2D eigenvalue weighted by Crippen LogP contribution is -2.35. The van der Waals surface area contributed by atoms with Gasteiger partial charge in [-0.05, 0) is 5.56 Å². The smallest absolute Gasteiger partial charge is 0.0833 e. The molecule has 0 aromatic heterocycles. The van der Waals surface area contributed by atoms with Crippen LogP contribution in [0.4, 0.5) is 0 Å². The maximum absolute atomic E-state index is 9.36. The van der Waals surface area contributed by atoms with Gasteiger partial charge in [-0.1, -0.05) is 30.3 Å². The summed E-state index contributed by atoms with van der Waals surface area (Å²) < 4.78 is 0. The van der Waals surface area contributed by atoms with Crippen molar-refractivity contribution in [2.75, 3.05) is 19.8 Å². The van der Waals surface area contributed by atoms with Crippen LogP contribution in [0.15, 0.2) is 30.3 Å². The maximum Gasteiger partial charge on any atom is 0.0833 e. The molecule has 0 saturated carbocycles. The highest BCUT2D eigenvalue weighted by Gasteiger charge is 2.16. The Morgan fingerprint density at radius 3 is 2.31 bits per heavy atom. The van der Waals surface area contributed by atoms with Crippen molar-refractivity contribution in [3.8, 4) is 0 Å². The molecule has 0 radical (unpaired) electrons. The van der Waals surface area contributed by atoms with E-state index >= 15 is 0 Å². The Balaban J connectivity index is 2.28. The van der Waals surface area contributed by atoms with Gasteiger partial charge < -0.3 is 20.6 Å². The van der Waals surface area contributed by atoms with Gasteiger partial charge in [-0.2, -0.15) is 0 Å². The molecule has 2 atom stereocenters. The first kappa shape index (κ1) is 13.1. The van der Waals surface area contributed by atoms with Crippen LogP contribution in [0, 0.1) is 5.92 Å². The maximum atomic E-state index is 9.36. The number of hydrogen-bond acceptors (Lipinski definition) is 4. The van der Waals surface area contributed by atoms with Crippen LogP contribution in [0.5, 0.6) is 0 Å². The minimum atomic E-state index is -0.867. The molecule has 0 unspecified atom stereocenters. The van der Waals surface area contributed by atoms with Crippen molar-refractivity contribution < 1.29 is 15.3 Å². The Morgan fingerprint density at radius 2 is 1.75 bits per heavy atom. The number of hydrogen-bond donors (Lipinski definition) is 4. The van der Waals surface area contributed by atoms with E-state index in [1.54, 1.807) is 0 Å². The number of benzene rings is 1. The molecule has 4 heteroatoms. The number of rotatable bonds is 7. The van der Waals surface area contributed by atoms with Crippen LogP contribution in [0.3, 0.4) is 0 Å². The fourth-order valence-electron chi connectivity index (χ4n) is 1.47. The monoisotopic (exact) mass is 225 g/mol. The van der Waals surface area contributed by atoms with Crippen LogP contribution >= 0.6 is 0 Å². The van der Waals surface area contributed by atoms with Crippen molar-refractivity contribution in [1.82, 2.24) is 5.32 Å². The van der Waals surface area contributed by atoms with E-state index in [4.69, 9.17) is 10.2 Å². The van der Waals surface area contributed by atoms with E-state index in [2.05, 4.69) is 5.32 Å². The van der Waals surface area contributed by atoms with Gasteiger partial charge in [0.15, 0.2) is 0 Å². The SMILES string of the molecule is OC[C@@H](CNCc1ccccc1)[C@@H](O)CO. The molecule has 0 aliphatic carbocycles. The van der Waals surface area contributed by atoms with E-state index in [9.17, 15) is 5.11 Å². The molecule has 0 fully saturated rings. The molecule has 90 valence electrons. The summed E-state index contributed by atoms with van der Waals surface area (Å²) in [5.74, 6) is -0.325. The van der Waals surface area contributed by atoms with Crippen LogP contribution in [-0.2, 0) is 6.54 Å². The Labute approximate surface area is 95.6 Å². The zero-order valence-electron chi connectivity index (χ0n) is 9.21. The normalized spacial score (nSPS) is 14.7. The molecule has 0 bridgehead atoms. The van der Waals surface area contributed by atoms with Gasteiger partial charge in [0, 0.05) is 25.6 Å². The second-order valence-corrected chi connectivity index (χ2v) is 3.81. The van der Waals surface area contributed by atoms with Crippen molar-refractivity contribution in [3.63, 3.8) is 0 Å². The van der Waals surface area contributed by atoms with Crippen LogP contribution in [-0.4, -0.2) is 41.2 Å². The first-order chi connectivity index (χ1) is 7.77. The third-order valence-corrected chi connectivity index (χ3v) is 2.54. The van der Waals surface area contributed by atoms with Gasteiger partial charge in [-0.3, -0.25) is 0 Å². The summed E-state index contributed by atoms with van der Waals surface area (Å²) in [5, 5.41) is 30.3. The Kier molecular flexibility index (Phi) is 6.03. The summed E-state index contributed by atoms with van der Waals surface area (Å²) in [4.78, 5) is 0. The van der Waals surface area contributed by atoms with Gasteiger partial charge in [0.25, 0.3) is 0 Å². The minimum Gasteiger partial charge on any atom is -0.396 e. The molecule has 16 heavy (non-hydrogen) atoms. The van der Waals surface area contributed by atoms with Crippen molar-refractivity contribution in [1.29, 1.82) is 0 Å². The summed E-state index contributed by atoms with van der Waals surface area (Å²) >= 11 is 0. The third-order valence-electron chi connectivity index (χ3n) is 2.54. The summed E-state index contributed by atoms with van der Waals surface area (Å²) in [5.41, 5.74) is 1.15. The molecule has 4 nitrogen and oxygen atoms in total. The quantitative estimate of drug-likeness (QED) is 0.516. The lowest BCUT2D eigenvalue weighted by Gasteiger charge is -2.19. The van der Waals surface area contributed by atoms with E-state index in [1.807, 2.05) is 30.3 Å². The van der Waals surface area contributed by atoms with Gasteiger partial charge in [0.2, 0.25) is 0 Å². The Hall–Kier alpha value is -0.940. The Bertz CT molecular complexity index is 279. The van der Waals surface area contributed by atoms with Gasteiger partial charge in [-0.15, -0.1) is 0 Å². The third kappa shape index (κ3) is 4.28. The Morgan fingerprint density at radius 1 is 1.06 bits per heavy atom. The second-order valence-electron chi connectivity index (χ2n) is 3.81. The first-order valence-electron chi connectivity index (χ1n) is 5.42. The molecule has 4 N–H and O–H groups in total. The van der Waals surface area contributed by atoms with Crippen LogP contribution in [0.1, 0.15) is 5.56 Å². The van der Waals surface area contributed by atoms with E-state index in [0.717, 1.165) is 5.56 Å². The van der Waals surface area contributed by atoms with Crippen LogP contribution < -0.4 is 5.32 Å². The average molecular weight is 225 g/mol. The van der Waals surface area contributed by atoms with E-state index in [0.29, 0.717) is 13.1 Å². The molecule has 1 aromatic carbocycles. The number of nitrogens with one attached hydrogen (secondary N) is 1. The number of aliphatic hydroxyl groups excluding tert-OH is 3. The summed E-state index contributed by atoms with van der Waals surface area (Å²) in [6.07, 6.45) is -0.867. The molecule has 0 heterocycles. The van der Waals surface area contributed by atoms with Gasteiger partial charge in [-0.25, -0.2) is 0 Å². The standard InChI is InChI=1S/C12H19NO3/c14-8-11(12(16)9-15)7-13-6-10-4-2-1-3-5-10/h1-5,11-16H,6-9H2/t11-,12+/m1/s1. The van der Waals surface area contributed by atoms with Crippen molar-refractivity contribution >= 4 is 0 Å². The van der Waals surface area contributed by atoms with Crippen LogP contribution in [0.2, 0.25) is 0 Å². The largest absolute Gasteiger partial charge is 0.396 e. The van der Waals surface area contributed by atoms with E-state index in [-0.39, 0.29) is 19.1 Å². The van der Waals surface area contributed by atoms with Crippen molar-refractivity contribution in [2.24, 2.45) is 5.92 Å². The lowest BCUT2D eigenvalue weighted by molar-refractivity contribution is 0.0228. The van der Waals surface area contributed by atoms with Gasteiger partial charge in [0.1, 0.15) is 0 Å². The predicted molar refractivity (Wildman–Crippen MR) is 61.8 cm³/mol. The van der Waals surface area contributed by atoms with Crippen LogP contribution in [0.25, 0.3) is 0 Å². The van der Waals surface area contributed by atoms with Gasteiger partial charge >= 0.3 is 0 Å². The molecule has 0 amide bonds. The predicted octanol–water partition coefficient (Wildman–Crippen LogP) is -0.262. The van der Waals surface area contributed by atoms with Crippen molar-refractivity contribution in [2.45, 2.75) is 12.6 Å². The highest BCUT2D eigenvalue weighted by atomic mass is 16.3. The summed E-state index contributed by atoms with van der Waals surface area (Å²) in [6, 6.07) is 9.88. The minimum absolute atomic E-state index is 0.135. The molecule has 1 rings (SSSR count). The lowest BCUT2D eigenvalue weighted by atomic mass is 10.0. The van der Waals surface area contributed by atoms with Gasteiger partial charge in [0.05, 0.1) is 12.7 Å². The van der Waals surface area contributed by atoms with E-state index < -0.39 is 6.10 Å². The van der Waals surface area contributed by atoms with Crippen molar-refractivity contribution in [3.05, 3.63) is 35.9 Å².